The number of carbonyl (C=O) groups is 1. The molecule has 9 nitrogen and oxygen atoms in total. The molecule has 0 aliphatic heterocycles. The molecule has 0 bridgehead atoms. The summed E-state index contributed by atoms with van der Waals surface area (Å²) in [6.45, 7) is 3.83. The summed E-state index contributed by atoms with van der Waals surface area (Å²) in [7, 11) is 0. The summed E-state index contributed by atoms with van der Waals surface area (Å²) < 4.78 is 18.7. The van der Waals surface area contributed by atoms with Crippen molar-refractivity contribution in [2.75, 3.05) is 10.2 Å². The van der Waals surface area contributed by atoms with Gasteiger partial charge in [0, 0.05) is 30.4 Å². The zero-order valence-corrected chi connectivity index (χ0v) is 16.2. The van der Waals surface area contributed by atoms with Gasteiger partial charge in [-0.25, -0.2) is 19.1 Å². The number of nitrogens with one attached hydrogen (secondary N) is 1. The van der Waals surface area contributed by atoms with E-state index in [2.05, 4.69) is 15.3 Å². The number of ether oxygens (including phenoxy) is 1. The number of nitro groups is 1. The zero-order chi connectivity index (χ0) is 21.7. The molecule has 0 saturated heterocycles. The first-order valence-corrected chi connectivity index (χ1v) is 8.95. The fraction of sp³-hybridized carbons (Fsp3) is 0.150. The Morgan fingerprint density at radius 2 is 1.80 bits per heavy atom. The minimum atomic E-state index is -0.829. The Morgan fingerprint density at radius 1 is 1.13 bits per heavy atom. The number of carbonyl (C=O) groups excluding carboxylic acids is 1. The first kappa shape index (κ1) is 20.6. The number of rotatable bonds is 6. The first-order valence-electron chi connectivity index (χ1n) is 8.95. The second-order valence-electron chi connectivity index (χ2n) is 6.47. The van der Waals surface area contributed by atoms with Crippen LogP contribution in [0.5, 0.6) is 5.75 Å². The van der Waals surface area contributed by atoms with E-state index in [1.807, 2.05) is 13.8 Å². The van der Waals surface area contributed by atoms with Gasteiger partial charge in [0.05, 0.1) is 10.6 Å². The van der Waals surface area contributed by atoms with Gasteiger partial charge in [-0.15, -0.1) is 0 Å². The van der Waals surface area contributed by atoms with Crippen LogP contribution in [-0.2, 0) is 0 Å². The minimum Gasteiger partial charge on any atom is -0.410 e. The van der Waals surface area contributed by atoms with Gasteiger partial charge in [-0.3, -0.25) is 10.1 Å². The molecule has 154 valence electrons. The van der Waals surface area contributed by atoms with E-state index in [0.29, 0.717) is 11.6 Å². The standard InChI is InChI=1S/C20H18FN5O4/c1-13(2)23-19-22-12-11-18(24-19)25(15-5-3-14(21)4-6-15)20(27)30-17-9-7-16(8-10-17)26(28)29/h3-13H,1-2H3,(H,22,23,24). The van der Waals surface area contributed by atoms with E-state index in [1.54, 1.807) is 0 Å². The molecule has 0 unspecified atom stereocenters. The molecule has 0 saturated carbocycles. The average molecular weight is 411 g/mol. The third kappa shape index (κ3) is 5.04. The lowest BCUT2D eigenvalue weighted by atomic mass is 10.3. The van der Waals surface area contributed by atoms with Gasteiger partial charge < -0.3 is 10.1 Å². The Hall–Kier alpha value is -4.08. The lowest BCUT2D eigenvalue weighted by Gasteiger charge is -2.22. The van der Waals surface area contributed by atoms with Gasteiger partial charge in [-0.1, -0.05) is 0 Å². The van der Waals surface area contributed by atoms with Crippen LogP contribution in [0.1, 0.15) is 13.8 Å². The molecule has 30 heavy (non-hydrogen) atoms. The maximum atomic E-state index is 13.4. The van der Waals surface area contributed by atoms with Crippen LogP contribution >= 0.6 is 0 Å². The van der Waals surface area contributed by atoms with Crippen LogP contribution in [0, 0.1) is 15.9 Å². The van der Waals surface area contributed by atoms with Crippen molar-refractivity contribution in [2.24, 2.45) is 0 Å². The van der Waals surface area contributed by atoms with Crippen molar-refractivity contribution in [1.82, 2.24) is 9.97 Å². The van der Waals surface area contributed by atoms with Crippen molar-refractivity contribution in [3.05, 3.63) is 76.7 Å². The van der Waals surface area contributed by atoms with Gasteiger partial charge in [0.15, 0.2) is 0 Å². The van der Waals surface area contributed by atoms with Crippen molar-refractivity contribution in [3.63, 3.8) is 0 Å². The fourth-order valence-corrected chi connectivity index (χ4v) is 2.51. The highest BCUT2D eigenvalue weighted by Gasteiger charge is 2.23. The SMILES string of the molecule is CC(C)Nc1nccc(N(C(=O)Oc2ccc([N+](=O)[O-])cc2)c2ccc(F)cc2)n1. The first-order chi connectivity index (χ1) is 14.3. The normalized spacial score (nSPS) is 10.5. The second kappa shape index (κ2) is 8.95. The Labute approximate surface area is 171 Å². The van der Waals surface area contributed by atoms with Crippen molar-refractivity contribution < 1.29 is 18.8 Å². The smallest absolute Gasteiger partial charge is 0.410 e. The fourth-order valence-electron chi connectivity index (χ4n) is 2.51. The van der Waals surface area contributed by atoms with E-state index >= 15 is 0 Å². The lowest BCUT2D eigenvalue weighted by Crippen LogP contribution is -2.30. The molecule has 0 aliphatic rings. The predicted octanol–water partition coefficient (Wildman–Crippen LogP) is 4.68. The molecule has 10 heteroatoms. The van der Waals surface area contributed by atoms with E-state index < -0.39 is 16.8 Å². The third-order valence-electron chi connectivity index (χ3n) is 3.81. The number of halogens is 1. The number of hydrogen-bond donors (Lipinski definition) is 1. The monoisotopic (exact) mass is 411 g/mol. The van der Waals surface area contributed by atoms with Crippen LogP contribution in [0.3, 0.4) is 0 Å². The highest BCUT2D eigenvalue weighted by molar-refractivity contribution is 5.96. The molecule has 1 heterocycles. The molecule has 1 aromatic heterocycles. The zero-order valence-electron chi connectivity index (χ0n) is 16.2. The number of benzene rings is 2. The summed E-state index contributed by atoms with van der Waals surface area (Å²) in [4.78, 5) is 32.8. The molecular weight excluding hydrogens is 393 g/mol. The van der Waals surface area contributed by atoms with E-state index in [0.717, 1.165) is 4.90 Å². The van der Waals surface area contributed by atoms with Crippen molar-refractivity contribution in [2.45, 2.75) is 19.9 Å². The Bertz CT molecular complexity index is 1040. The van der Waals surface area contributed by atoms with Crippen LogP contribution in [0.25, 0.3) is 0 Å². The molecule has 0 aliphatic carbocycles. The van der Waals surface area contributed by atoms with Crippen molar-refractivity contribution >= 4 is 29.2 Å². The minimum absolute atomic E-state index is 0.0617. The van der Waals surface area contributed by atoms with Gasteiger partial charge >= 0.3 is 6.09 Å². The number of amides is 1. The number of hydrogen-bond acceptors (Lipinski definition) is 7. The second-order valence-corrected chi connectivity index (χ2v) is 6.47. The molecule has 0 fully saturated rings. The summed E-state index contributed by atoms with van der Waals surface area (Å²) in [5, 5.41) is 13.8. The average Bonchev–Trinajstić information content (AvgIpc) is 2.70. The summed E-state index contributed by atoms with van der Waals surface area (Å²) in [6.07, 6.45) is 0.646. The van der Waals surface area contributed by atoms with E-state index in [9.17, 15) is 19.3 Å². The van der Waals surface area contributed by atoms with Crippen molar-refractivity contribution in [1.29, 1.82) is 0 Å². The van der Waals surface area contributed by atoms with E-state index in [-0.39, 0.29) is 23.3 Å². The molecule has 0 spiro atoms. The van der Waals surface area contributed by atoms with Gasteiger partial charge in [0.2, 0.25) is 5.95 Å². The molecule has 0 atom stereocenters. The van der Waals surface area contributed by atoms with Crippen LogP contribution in [0.15, 0.2) is 60.8 Å². The highest BCUT2D eigenvalue weighted by Crippen LogP contribution is 2.27. The number of non-ortho nitro benzene ring substituents is 1. The Morgan fingerprint density at radius 3 is 2.40 bits per heavy atom. The predicted molar refractivity (Wildman–Crippen MR) is 108 cm³/mol. The molecule has 3 rings (SSSR count). The van der Waals surface area contributed by atoms with Gasteiger partial charge in [0.1, 0.15) is 17.4 Å². The number of aromatic nitrogens is 2. The molecular formula is C20H18FN5O4. The Balaban J connectivity index is 1.94. The summed E-state index contributed by atoms with van der Waals surface area (Å²) in [5.41, 5.74) is 0.183. The molecule has 1 amide bonds. The van der Waals surface area contributed by atoms with Crippen LogP contribution in [0.4, 0.5) is 32.3 Å². The van der Waals surface area contributed by atoms with Gasteiger partial charge in [0.25, 0.3) is 5.69 Å². The number of nitrogens with zero attached hydrogens (tertiary/aromatic N) is 4. The molecule has 3 aromatic rings. The lowest BCUT2D eigenvalue weighted by molar-refractivity contribution is -0.384. The summed E-state index contributed by atoms with van der Waals surface area (Å²) in [5.74, 6) is 0.143. The third-order valence-corrected chi connectivity index (χ3v) is 3.81. The maximum absolute atomic E-state index is 13.4. The van der Waals surface area contributed by atoms with Gasteiger partial charge in [-0.05, 0) is 50.2 Å². The van der Waals surface area contributed by atoms with E-state index in [1.165, 1.54) is 60.8 Å². The molecule has 0 radical (unpaired) electrons. The largest absolute Gasteiger partial charge is 0.425 e. The maximum Gasteiger partial charge on any atom is 0.425 e. The topological polar surface area (TPSA) is 110 Å². The Kier molecular flexibility index (Phi) is 6.16. The number of anilines is 3. The van der Waals surface area contributed by atoms with E-state index in [4.69, 9.17) is 4.74 Å². The quantitative estimate of drug-likeness (QED) is 0.463. The highest BCUT2D eigenvalue weighted by atomic mass is 19.1. The summed E-state index contributed by atoms with van der Waals surface area (Å²) >= 11 is 0. The van der Waals surface area contributed by atoms with Crippen LogP contribution < -0.4 is 15.0 Å². The van der Waals surface area contributed by atoms with Gasteiger partial charge in [-0.2, -0.15) is 4.98 Å². The molecule has 2 aromatic carbocycles. The number of nitro benzene ring substituents is 1. The van der Waals surface area contributed by atoms with Crippen molar-refractivity contribution in [3.8, 4) is 5.75 Å². The van der Waals surface area contributed by atoms with Crippen LogP contribution in [0.2, 0.25) is 0 Å². The van der Waals surface area contributed by atoms with Crippen LogP contribution in [-0.4, -0.2) is 27.0 Å². The molecule has 1 N–H and O–H groups in total. The summed E-state index contributed by atoms with van der Waals surface area (Å²) in [6, 6.07) is 11.9.